The second-order valence-corrected chi connectivity index (χ2v) is 6.56. The van der Waals surface area contributed by atoms with Crippen molar-refractivity contribution in [1.29, 1.82) is 0 Å². The molecule has 3 rings (SSSR count). The van der Waals surface area contributed by atoms with Crippen LogP contribution >= 0.6 is 0 Å². The molecule has 0 saturated carbocycles. The summed E-state index contributed by atoms with van der Waals surface area (Å²) in [6, 6.07) is 4.59. The number of piperidine rings is 1. The van der Waals surface area contributed by atoms with Crippen LogP contribution in [-0.4, -0.2) is 55.1 Å². The third-order valence-electron chi connectivity index (χ3n) is 4.72. The molecule has 130 valence electrons. The first kappa shape index (κ1) is 16.7. The van der Waals surface area contributed by atoms with E-state index in [0.29, 0.717) is 50.9 Å². The Bertz CT molecular complexity index is 628. The number of anilines is 1. The fraction of sp³-hybridized carbons (Fsp3) is 0.588. The third kappa shape index (κ3) is 3.51. The van der Waals surface area contributed by atoms with Crippen molar-refractivity contribution < 1.29 is 14.5 Å². The summed E-state index contributed by atoms with van der Waals surface area (Å²) in [5.41, 5.74) is 1.16. The largest absolute Gasteiger partial charge is 0.378 e. The maximum Gasteiger partial charge on any atom is 0.270 e. The van der Waals surface area contributed by atoms with Crippen LogP contribution in [-0.2, 0) is 4.74 Å². The fourth-order valence-electron chi connectivity index (χ4n) is 3.43. The first-order chi connectivity index (χ1) is 11.6. The van der Waals surface area contributed by atoms with Gasteiger partial charge in [0.15, 0.2) is 0 Å². The Morgan fingerprint density at radius 2 is 2.04 bits per heavy atom. The normalized spacial score (nSPS) is 21.6. The van der Waals surface area contributed by atoms with Crippen LogP contribution in [0.5, 0.6) is 0 Å². The van der Waals surface area contributed by atoms with Gasteiger partial charge in [-0.25, -0.2) is 0 Å². The second-order valence-electron chi connectivity index (χ2n) is 6.56. The van der Waals surface area contributed by atoms with E-state index >= 15 is 0 Å². The Balaban J connectivity index is 1.94. The number of amides is 1. The molecule has 1 atom stereocenters. The Morgan fingerprint density at radius 3 is 2.71 bits per heavy atom. The predicted octanol–water partition coefficient (Wildman–Crippen LogP) is 2.30. The van der Waals surface area contributed by atoms with E-state index in [1.54, 1.807) is 6.07 Å². The number of nitrogens with zero attached hydrogens (tertiary/aromatic N) is 3. The Kier molecular flexibility index (Phi) is 4.99. The van der Waals surface area contributed by atoms with Gasteiger partial charge >= 0.3 is 0 Å². The number of likely N-dealkylation sites (tertiary alicyclic amines) is 1. The summed E-state index contributed by atoms with van der Waals surface area (Å²) < 4.78 is 5.37. The number of non-ortho nitro benzene ring substituents is 1. The van der Waals surface area contributed by atoms with Crippen molar-refractivity contribution >= 4 is 17.3 Å². The summed E-state index contributed by atoms with van der Waals surface area (Å²) in [6.45, 7) is 6.15. The average Bonchev–Trinajstić information content (AvgIpc) is 2.61. The molecule has 2 fully saturated rings. The summed E-state index contributed by atoms with van der Waals surface area (Å²) in [5.74, 6) is 0.361. The van der Waals surface area contributed by atoms with Crippen LogP contribution in [0.15, 0.2) is 18.2 Å². The summed E-state index contributed by atoms with van der Waals surface area (Å²) in [6.07, 6.45) is 2.10. The number of hydrogen-bond acceptors (Lipinski definition) is 5. The van der Waals surface area contributed by atoms with Gasteiger partial charge in [0.25, 0.3) is 11.6 Å². The van der Waals surface area contributed by atoms with Crippen LogP contribution in [0.1, 0.15) is 30.1 Å². The molecule has 1 aromatic rings. The van der Waals surface area contributed by atoms with Crippen molar-refractivity contribution in [2.45, 2.75) is 19.8 Å². The van der Waals surface area contributed by atoms with Gasteiger partial charge in [0.1, 0.15) is 0 Å². The Hall–Kier alpha value is -2.15. The number of benzene rings is 1. The smallest absolute Gasteiger partial charge is 0.270 e. The SMILES string of the molecule is CC1CCCN(C(=O)c2cc([N+](=O)[O-])ccc2N2CCOCC2)C1. The molecule has 0 spiro atoms. The quantitative estimate of drug-likeness (QED) is 0.627. The zero-order valence-electron chi connectivity index (χ0n) is 13.9. The van der Waals surface area contributed by atoms with E-state index in [-0.39, 0.29) is 11.6 Å². The zero-order valence-corrected chi connectivity index (χ0v) is 13.9. The minimum atomic E-state index is -0.446. The number of hydrogen-bond donors (Lipinski definition) is 0. The van der Waals surface area contributed by atoms with E-state index in [9.17, 15) is 14.9 Å². The number of nitro groups is 1. The number of morpholine rings is 1. The van der Waals surface area contributed by atoms with Gasteiger partial charge in [-0.1, -0.05) is 6.92 Å². The van der Waals surface area contributed by atoms with Crippen LogP contribution in [0.3, 0.4) is 0 Å². The fourth-order valence-corrected chi connectivity index (χ4v) is 3.43. The molecule has 1 aromatic carbocycles. The molecule has 0 radical (unpaired) electrons. The van der Waals surface area contributed by atoms with E-state index in [1.807, 2.05) is 4.90 Å². The maximum atomic E-state index is 13.0. The highest BCUT2D eigenvalue weighted by Crippen LogP contribution is 2.29. The first-order valence-electron chi connectivity index (χ1n) is 8.46. The summed E-state index contributed by atoms with van der Waals surface area (Å²) in [4.78, 5) is 27.6. The van der Waals surface area contributed by atoms with Gasteiger partial charge in [0.2, 0.25) is 0 Å². The minimum Gasteiger partial charge on any atom is -0.378 e. The lowest BCUT2D eigenvalue weighted by molar-refractivity contribution is -0.384. The highest BCUT2D eigenvalue weighted by Gasteiger charge is 2.27. The number of carbonyl (C=O) groups is 1. The van der Waals surface area contributed by atoms with E-state index in [4.69, 9.17) is 4.74 Å². The van der Waals surface area contributed by atoms with Crippen molar-refractivity contribution in [2.75, 3.05) is 44.3 Å². The number of carbonyl (C=O) groups excluding carboxylic acids is 1. The van der Waals surface area contributed by atoms with Gasteiger partial charge in [0.05, 0.1) is 29.4 Å². The van der Waals surface area contributed by atoms with Crippen molar-refractivity contribution in [3.05, 3.63) is 33.9 Å². The molecule has 0 aliphatic carbocycles. The molecule has 0 N–H and O–H groups in total. The molecule has 1 unspecified atom stereocenters. The molecule has 7 heteroatoms. The first-order valence-corrected chi connectivity index (χ1v) is 8.46. The van der Waals surface area contributed by atoms with Gasteiger partial charge in [-0.15, -0.1) is 0 Å². The minimum absolute atomic E-state index is 0.0413. The highest BCUT2D eigenvalue weighted by molar-refractivity contribution is 6.00. The molecule has 24 heavy (non-hydrogen) atoms. The van der Waals surface area contributed by atoms with Gasteiger partial charge < -0.3 is 14.5 Å². The molecular formula is C17H23N3O4. The van der Waals surface area contributed by atoms with E-state index < -0.39 is 4.92 Å². The monoisotopic (exact) mass is 333 g/mol. The van der Waals surface area contributed by atoms with Crippen LogP contribution in [0.4, 0.5) is 11.4 Å². The zero-order chi connectivity index (χ0) is 17.1. The maximum absolute atomic E-state index is 13.0. The molecule has 0 bridgehead atoms. The standard InChI is InChI=1S/C17H23N3O4/c1-13-3-2-6-19(12-13)17(21)15-11-14(20(22)23)4-5-16(15)18-7-9-24-10-8-18/h4-5,11,13H,2-3,6-10,12H2,1H3. The Labute approximate surface area is 141 Å². The molecule has 2 aliphatic rings. The molecule has 7 nitrogen and oxygen atoms in total. The van der Waals surface area contributed by atoms with E-state index in [0.717, 1.165) is 18.5 Å². The van der Waals surface area contributed by atoms with Crippen molar-refractivity contribution in [2.24, 2.45) is 5.92 Å². The topological polar surface area (TPSA) is 75.9 Å². The average molecular weight is 333 g/mol. The van der Waals surface area contributed by atoms with Gasteiger partial charge in [-0.2, -0.15) is 0 Å². The number of rotatable bonds is 3. The van der Waals surface area contributed by atoms with Crippen molar-refractivity contribution in [1.82, 2.24) is 4.90 Å². The third-order valence-corrected chi connectivity index (χ3v) is 4.72. The van der Waals surface area contributed by atoms with Crippen LogP contribution in [0, 0.1) is 16.0 Å². The van der Waals surface area contributed by atoms with E-state index in [2.05, 4.69) is 11.8 Å². The van der Waals surface area contributed by atoms with Crippen LogP contribution in [0.2, 0.25) is 0 Å². The van der Waals surface area contributed by atoms with E-state index in [1.165, 1.54) is 12.1 Å². The van der Waals surface area contributed by atoms with Gasteiger partial charge in [0, 0.05) is 38.3 Å². The molecule has 2 aliphatic heterocycles. The number of nitro benzene ring substituents is 1. The lowest BCUT2D eigenvalue weighted by Crippen LogP contribution is -2.41. The lowest BCUT2D eigenvalue weighted by atomic mass is 9.99. The summed E-state index contributed by atoms with van der Waals surface area (Å²) >= 11 is 0. The molecule has 2 heterocycles. The molecule has 2 saturated heterocycles. The Morgan fingerprint density at radius 1 is 1.29 bits per heavy atom. The molecule has 0 aromatic heterocycles. The highest BCUT2D eigenvalue weighted by atomic mass is 16.6. The predicted molar refractivity (Wildman–Crippen MR) is 90.4 cm³/mol. The summed E-state index contributed by atoms with van der Waals surface area (Å²) in [7, 11) is 0. The second kappa shape index (κ2) is 7.17. The molecule has 1 amide bonds. The molecular weight excluding hydrogens is 310 g/mol. The van der Waals surface area contributed by atoms with Crippen LogP contribution < -0.4 is 4.90 Å². The van der Waals surface area contributed by atoms with Crippen LogP contribution in [0.25, 0.3) is 0 Å². The van der Waals surface area contributed by atoms with Crippen molar-refractivity contribution in [3.63, 3.8) is 0 Å². The van der Waals surface area contributed by atoms with Gasteiger partial charge in [-0.05, 0) is 24.8 Å². The number of ether oxygens (including phenoxy) is 1. The lowest BCUT2D eigenvalue weighted by Gasteiger charge is -2.34. The van der Waals surface area contributed by atoms with Crippen molar-refractivity contribution in [3.8, 4) is 0 Å². The summed E-state index contributed by atoms with van der Waals surface area (Å²) in [5, 5.41) is 11.1. The van der Waals surface area contributed by atoms with Gasteiger partial charge in [-0.3, -0.25) is 14.9 Å².